The molecule has 3 atom stereocenters. The summed E-state index contributed by atoms with van der Waals surface area (Å²) in [5.41, 5.74) is 6.64. The van der Waals surface area contributed by atoms with Crippen LogP contribution in [0.5, 0.6) is 11.5 Å². The Morgan fingerprint density at radius 2 is 1.50 bits per heavy atom. The molecule has 4 aromatic carbocycles. The molecule has 3 heterocycles. The monoisotopic (exact) mass is 726 g/mol. The fraction of sp³-hybridized carbons (Fsp3) is 0.364. The van der Waals surface area contributed by atoms with Crippen molar-refractivity contribution in [2.45, 2.75) is 62.8 Å². The van der Waals surface area contributed by atoms with E-state index in [1.807, 2.05) is 18.2 Å². The van der Waals surface area contributed by atoms with Crippen molar-refractivity contribution in [3.8, 4) is 11.5 Å². The molecule has 10 nitrogen and oxygen atoms in total. The maximum atomic E-state index is 13.3. The van der Waals surface area contributed by atoms with Gasteiger partial charge in [-0.05, 0) is 116 Å². The molecular weight excluding hydrogens is 681 g/mol. The third kappa shape index (κ3) is 7.22. The molecule has 4 amide bonds. The average molecular weight is 727 g/mol. The molecule has 3 aliphatic heterocycles. The fourth-order valence-electron chi connectivity index (χ4n) is 8.74. The van der Waals surface area contributed by atoms with Crippen LogP contribution in [0.2, 0.25) is 0 Å². The number of nitrogens with zero attached hydrogens (tertiary/aromatic N) is 3. The van der Waals surface area contributed by atoms with Gasteiger partial charge in [0, 0.05) is 44.2 Å². The summed E-state index contributed by atoms with van der Waals surface area (Å²) < 4.78 is 6.16. The number of phenolic OH excluding ortho intramolecular Hbond substituents is 1. The Kier molecular flexibility index (Phi) is 10.2. The first-order chi connectivity index (χ1) is 26.3. The Morgan fingerprint density at radius 1 is 0.722 bits per heavy atom. The summed E-state index contributed by atoms with van der Waals surface area (Å²) in [6.45, 7) is 5.14. The first kappa shape index (κ1) is 35.5. The van der Waals surface area contributed by atoms with E-state index in [4.69, 9.17) is 4.74 Å². The maximum Gasteiger partial charge on any atom is 0.262 e. The topological polar surface area (TPSA) is 119 Å². The van der Waals surface area contributed by atoms with Crippen LogP contribution in [0.4, 0.5) is 5.69 Å². The van der Waals surface area contributed by atoms with Crippen LogP contribution in [0.1, 0.15) is 93.3 Å². The predicted molar refractivity (Wildman–Crippen MR) is 205 cm³/mol. The van der Waals surface area contributed by atoms with E-state index in [1.54, 1.807) is 12.1 Å². The van der Waals surface area contributed by atoms with E-state index in [-0.39, 0.29) is 24.7 Å². The van der Waals surface area contributed by atoms with Gasteiger partial charge in [-0.25, -0.2) is 0 Å². The number of aryl methyl sites for hydroxylation is 1. The Morgan fingerprint density at radius 3 is 2.28 bits per heavy atom. The molecule has 2 fully saturated rings. The number of carbonyl (C=O) groups excluding carboxylic acids is 4. The molecule has 2 N–H and O–H groups in total. The van der Waals surface area contributed by atoms with Gasteiger partial charge in [0.15, 0.2) is 0 Å². The van der Waals surface area contributed by atoms with Crippen molar-refractivity contribution in [3.05, 3.63) is 124 Å². The number of benzene rings is 4. The number of rotatable bonds is 11. The number of hydrogen-bond donors (Lipinski definition) is 2. The molecule has 0 radical (unpaired) electrons. The average Bonchev–Trinajstić information content (AvgIpc) is 3.44. The third-order valence-corrected chi connectivity index (χ3v) is 11.6. The minimum absolute atomic E-state index is 0.101. The molecule has 0 spiro atoms. The molecule has 0 bridgehead atoms. The van der Waals surface area contributed by atoms with E-state index in [0.717, 1.165) is 81.2 Å². The lowest BCUT2D eigenvalue weighted by molar-refractivity contribution is -0.136. The summed E-state index contributed by atoms with van der Waals surface area (Å²) in [5, 5.41) is 12.4. The minimum atomic E-state index is -0.961. The van der Waals surface area contributed by atoms with E-state index < -0.39 is 23.8 Å². The molecule has 4 aromatic rings. The number of imide groups is 2. The number of ether oxygens (including phenoxy) is 1. The lowest BCUT2D eigenvalue weighted by Crippen LogP contribution is -2.54. The van der Waals surface area contributed by atoms with Crippen molar-refractivity contribution in [1.82, 2.24) is 15.1 Å². The van der Waals surface area contributed by atoms with Gasteiger partial charge in [0.1, 0.15) is 17.5 Å². The van der Waals surface area contributed by atoms with Gasteiger partial charge < -0.3 is 14.7 Å². The number of piperidine rings is 1. The van der Waals surface area contributed by atoms with Crippen molar-refractivity contribution >= 4 is 29.3 Å². The first-order valence-electron chi connectivity index (χ1n) is 19.3. The van der Waals surface area contributed by atoms with Crippen molar-refractivity contribution in [2.75, 3.05) is 44.2 Å². The largest absolute Gasteiger partial charge is 0.508 e. The third-order valence-electron chi connectivity index (χ3n) is 11.6. The zero-order valence-corrected chi connectivity index (χ0v) is 30.4. The van der Waals surface area contributed by atoms with Gasteiger partial charge in [-0.2, -0.15) is 0 Å². The van der Waals surface area contributed by atoms with Crippen LogP contribution in [0.25, 0.3) is 0 Å². The van der Waals surface area contributed by atoms with Crippen molar-refractivity contribution in [3.63, 3.8) is 0 Å². The normalized spacial score (nSPS) is 21.5. The van der Waals surface area contributed by atoms with Crippen LogP contribution in [-0.2, 0) is 16.0 Å². The van der Waals surface area contributed by atoms with E-state index in [9.17, 15) is 24.3 Å². The van der Waals surface area contributed by atoms with Crippen LogP contribution in [0.15, 0.2) is 91.0 Å². The molecule has 8 rings (SSSR count). The number of anilines is 1. The van der Waals surface area contributed by atoms with Crippen LogP contribution in [0, 0.1) is 0 Å². The number of aromatic hydroxyl groups is 1. The van der Waals surface area contributed by atoms with E-state index in [1.165, 1.54) is 22.3 Å². The zero-order valence-electron chi connectivity index (χ0n) is 30.4. The summed E-state index contributed by atoms with van der Waals surface area (Å²) in [4.78, 5) is 56.0. The van der Waals surface area contributed by atoms with Crippen molar-refractivity contribution in [2.24, 2.45) is 0 Å². The molecule has 278 valence electrons. The summed E-state index contributed by atoms with van der Waals surface area (Å²) in [6, 6.07) is 29.5. The second kappa shape index (κ2) is 15.5. The summed E-state index contributed by atoms with van der Waals surface area (Å²) >= 11 is 0. The molecule has 0 saturated carbocycles. The number of amides is 4. The van der Waals surface area contributed by atoms with Gasteiger partial charge in [0.2, 0.25) is 11.8 Å². The number of carbonyl (C=O) groups is 4. The van der Waals surface area contributed by atoms with Gasteiger partial charge in [-0.3, -0.25) is 34.3 Å². The van der Waals surface area contributed by atoms with Gasteiger partial charge in [0.25, 0.3) is 11.8 Å². The number of phenols is 1. The van der Waals surface area contributed by atoms with Crippen LogP contribution in [0.3, 0.4) is 0 Å². The van der Waals surface area contributed by atoms with Crippen LogP contribution in [-0.4, -0.2) is 83.9 Å². The SMILES string of the molecule is O=C1CCC(N2C(=O)c3ccc(N4CCN(CCCCCOc5ccc([C@@H]6c7ccc(O)cc7CCC6c6ccccc6)cc5)CC4)cc3C2=O)C(=O)N1. The molecule has 0 aromatic heterocycles. The number of piperazine rings is 1. The highest BCUT2D eigenvalue weighted by Gasteiger charge is 2.45. The van der Waals surface area contributed by atoms with Crippen molar-refractivity contribution < 1.29 is 29.0 Å². The smallest absolute Gasteiger partial charge is 0.262 e. The highest BCUT2D eigenvalue weighted by Crippen LogP contribution is 2.47. The molecule has 4 aliphatic rings. The Bertz CT molecular complexity index is 2040. The summed E-state index contributed by atoms with van der Waals surface area (Å²) in [6.07, 6.45) is 5.38. The number of unbranched alkanes of at least 4 members (excludes halogenated alkanes) is 2. The lowest BCUT2D eigenvalue weighted by Gasteiger charge is -2.36. The zero-order chi connectivity index (χ0) is 37.2. The van der Waals surface area contributed by atoms with E-state index >= 15 is 0 Å². The second-order valence-corrected chi connectivity index (χ2v) is 14.9. The highest BCUT2D eigenvalue weighted by atomic mass is 16.5. The number of hydrogen-bond acceptors (Lipinski definition) is 8. The Hall–Kier alpha value is -5.48. The van der Waals surface area contributed by atoms with E-state index in [2.05, 4.69) is 75.8 Å². The molecule has 1 aliphatic carbocycles. The molecule has 2 unspecified atom stereocenters. The quantitative estimate of drug-likeness (QED) is 0.142. The Balaban J connectivity index is 0.783. The van der Waals surface area contributed by atoms with Crippen LogP contribution < -0.4 is 15.0 Å². The van der Waals surface area contributed by atoms with Gasteiger partial charge in [-0.1, -0.05) is 48.5 Å². The number of fused-ring (bicyclic) bond motifs is 2. The molecule has 2 saturated heterocycles. The van der Waals surface area contributed by atoms with Crippen LogP contribution >= 0.6 is 0 Å². The standard InChI is InChI=1S/C44H46N4O6/c49-33-13-18-36-31(27-33)11-16-35(29-7-3-1-4-8-29)41(36)30-9-14-34(15-10-30)54-26-6-2-5-21-46-22-24-47(25-23-46)32-12-17-37-38(28-32)44(53)48(43(37)52)39-19-20-40(50)45-42(39)51/h1,3-4,7-10,12-15,17-18,27-28,35,39,41,49H,2,5-6,11,16,19-26H2,(H,45,50,51)/t35?,39?,41-/m0/s1. The van der Waals surface area contributed by atoms with Crippen molar-refractivity contribution in [1.29, 1.82) is 0 Å². The molecule has 54 heavy (non-hydrogen) atoms. The Labute approximate surface area is 315 Å². The predicted octanol–water partition coefficient (Wildman–Crippen LogP) is 6.03. The van der Waals surface area contributed by atoms with Gasteiger partial charge in [0.05, 0.1) is 17.7 Å². The maximum absolute atomic E-state index is 13.3. The first-order valence-corrected chi connectivity index (χ1v) is 19.3. The van der Waals surface area contributed by atoms with Gasteiger partial charge in [-0.15, -0.1) is 0 Å². The highest BCUT2D eigenvalue weighted by molar-refractivity contribution is 6.23. The minimum Gasteiger partial charge on any atom is -0.508 e. The summed E-state index contributed by atoms with van der Waals surface area (Å²) in [7, 11) is 0. The lowest BCUT2D eigenvalue weighted by atomic mass is 9.69. The summed E-state index contributed by atoms with van der Waals surface area (Å²) in [5.74, 6) is -0.145. The van der Waals surface area contributed by atoms with E-state index in [0.29, 0.717) is 29.4 Å². The second-order valence-electron chi connectivity index (χ2n) is 14.9. The molecular formula is C44H46N4O6. The number of nitrogens with one attached hydrogen (secondary N) is 1. The fourth-order valence-corrected chi connectivity index (χ4v) is 8.74. The van der Waals surface area contributed by atoms with Gasteiger partial charge >= 0.3 is 0 Å². The molecule has 10 heteroatoms.